The minimum Gasteiger partial charge on any atom is -0.465 e. The van der Waals surface area contributed by atoms with Crippen molar-refractivity contribution < 1.29 is 18.3 Å². The lowest BCUT2D eigenvalue weighted by atomic mass is 9.86. The zero-order chi connectivity index (χ0) is 23.8. The molecular formula is C25H19F2N5O2. The molecule has 0 saturated carbocycles. The minimum atomic E-state index is -0.610. The Balaban J connectivity index is 1.65. The van der Waals surface area contributed by atoms with Crippen molar-refractivity contribution in [1.82, 2.24) is 15.0 Å². The Morgan fingerprint density at radius 3 is 2.56 bits per heavy atom. The molecule has 3 N–H and O–H groups in total. The maximum atomic E-state index is 15.2. The van der Waals surface area contributed by atoms with Gasteiger partial charge in [-0.05, 0) is 54.4 Å². The van der Waals surface area contributed by atoms with E-state index in [4.69, 9.17) is 20.6 Å². The lowest BCUT2D eigenvalue weighted by Crippen LogP contribution is -2.22. The summed E-state index contributed by atoms with van der Waals surface area (Å²) in [7, 11) is 0. The van der Waals surface area contributed by atoms with E-state index in [9.17, 15) is 4.39 Å². The molecule has 1 aliphatic rings. The number of pyridine rings is 1. The van der Waals surface area contributed by atoms with E-state index in [0.29, 0.717) is 39.4 Å². The van der Waals surface area contributed by atoms with Crippen molar-refractivity contribution in [2.75, 3.05) is 6.61 Å². The molecule has 0 aliphatic carbocycles. The van der Waals surface area contributed by atoms with E-state index in [1.54, 1.807) is 48.8 Å². The molecule has 4 aromatic rings. The molecule has 5 rings (SSSR count). The zero-order valence-corrected chi connectivity index (χ0v) is 18.0. The zero-order valence-electron chi connectivity index (χ0n) is 18.0. The summed E-state index contributed by atoms with van der Waals surface area (Å²) in [5.41, 5.74) is 8.78. The Morgan fingerprint density at radius 2 is 1.82 bits per heavy atom. The highest BCUT2D eigenvalue weighted by molar-refractivity contribution is 5.70. The van der Waals surface area contributed by atoms with Gasteiger partial charge in [0.25, 0.3) is 6.02 Å². The smallest absolute Gasteiger partial charge is 0.279 e. The molecule has 3 heterocycles. The maximum absolute atomic E-state index is 15.2. The summed E-state index contributed by atoms with van der Waals surface area (Å²) in [5, 5.41) is 7.50. The average molecular weight is 459 g/mol. The van der Waals surface area contributed by atoms with Crippen LogP contribution in [0.3, 0.4) is 0 Å². The molecule has 1 atom stereocenters. The Hall–Kier alpha value is -4.40. The number of nitrogens with two attached hydrogens (primary N) is 1. The molecule has 170 valence electrons. The summed E-state index contributed by atoms with van der Waals surface area (Å²) in [6, 6.07) is 10.9. The Labute approximate surface area is 193 Å². The van der Waals surface area contributed by atoms with E-state index in [-0.39, 0.29) is 12.4 Å². The molecule has 2 aromatic heterocycles. The van der Waals surface area contributed by atoms with Gasteiger partial charge in [0, 0.05) is 40.8 Å². The van der Waals surface area contributed by atoms with Crippen LogP contribution < -0.4 is 10.5 Å². The molecule has 0 bridgehead atoms. The van der Waals surface area contributed by atoms with Gasteiger partial charge in [0.15, 0.2) is 17.4 Å². The summed E-state index contributed by atoms with van der Waals surface area (Å²) in [6.07, 6.45) is 4.67. The van der Waals surface area contributed by atoms with Crippen LogP contribution in [0.4, 0.5) is 8.78 Å². The van der Waals surface area contributed by atoms with Crippen LogP contribution in [0, 0.1) is 24.1 Å². The second-order valence-electron chi connectivity index (χ2n) is 7.88. The number of ether oxygens (including phenoxy) is 2. The van der Waals surface area contributed by atoms with Crippen LogP contribution in [0.1, 0.15) is 22.6 Å². The van der Waals surface area contributed by atoms with Crippen molar-refractivity contribution in [3.05, 3.63) is 89.5 Å². The van der Waals surface area contributed by atoms with Crippen molar-refractivity contribution in [2.45, 2.75) is 12.8 Å². The van der Waals surface area contributed by atoms with E-state index < -0.39 is 23.7 Å². The summed E-state index contributed by atoms with van der Waals surface area (Å²) < 4.78 is 40.8. The van der Waals surface area contributed by atoms with Gasteiger partial charge in [-0.25, -0.2) is 19.3 Å². The van der Waals surface area contributed by atoms with Crippen molar-refractivity contribution in [2.24, 2.45) is 5.73 Å². The quantitative estimate of drug-likeness (QED) is 0.254. The SMILES string of the molecule is Cc1cnc(-c2cc(F)c3c(c2)[C@H](COC(=N)N)c2cc(-c4cccnc4F)ccc2O3)nc1. The number of benzene rings is 2. The Kier molecular flexibility index (Phi) is 5.37. The highest BCUT2D eigenvalue weighted by Gasteiger charge is 2.32. The predicted molar refractivity (Wildman–Crippen MR) is 122 cm³/mol. The molecule has 0 radical (unpaired) electrons. The third-order valence-corrected chi connectivity index (χ3v) is 5.56. The number of nitrogens with zero attached hydrogens (tertiary/aromatic N) is 3. The third kappa shape index (κ3) is 3.92. The lowest BCUT2D eigenvalue weighted by molar-refractivity contribution is 0.273. The van der Waals surface area contributed by atoms with Crippen molar-refractivity contribution in [3.63, 3.8) is 0 Å². The molecule has 34 heavy (non-hydrogen) atoms. The summed E-state index contributed by atoms with van der Waals surface area (Å²) in [4.78, 5) is 12.3. The van der Waals surface area contributed by atoms with Crippen LogP contribution in [0.5, 0.6) is 11.5 Å². The first-order valence-electron chi connectivity index (χ1n) is 10.4. The number of aromatic nitrogens is 3. The van der Waals surface area contributed by atoms with Crippen molar-refractivity contribution >= 4 is 6.02 Å². The van der Waals surface area contributed by atoms with Crippen LogP contribution >= 0.6 is 0 Å². The molecule has 0 amide bonds. The number of amidine groups is 1. The summed E-state index contributed by atoms with van der Waals surface area (Å²) in [5.74, 6) is -0.951. The number of hydrogen-bond donors (Lipinski definition) is 2. The van der Waals surface area contributed by atoms with Crippen LogP contribution in [-0.2, 0) is 4.74 Å². The topological polar surface area (TPSA) is 107 Å². The molecular weight excluding hydrogens is 440 g/mol. The van der Waals surface area contributed by atoms with Gasteiger partial charge >= 0.3 is 0 Å². The standard InChI is InChI=1S/C25H19F2N5O2/c1-13-10-31-24(32-11-13)15-8-18-19(12-33-25(28)29)17-7-14(16-3-2-6-30-23(16)27)4-5-21(17)34-22(18)20(26)9-15/h2-11,19H,12H2,1H3,(H3,28,29)/t19-/m1/s1. The van der Waals surface area contributed by atoms with Gasteiger partial charge in [-0.1, -0.05) is 6.07 Å². The second-order valence-corrected chi connectivity index (χ2v) is 7.88. The Morgan fingerprint density at radius 1 is 1.06 bits per heavy atom. The van der Waals surface area contributed by atoms with Crippen LogP contribution in [0.15, 0.2) is 61.1 Å². The van der Waals surface area contributed by atoms with Gasteiger partial charge in [0.05, 0.1) is 5.92 Å². The predicted octanol–water partition coefficient (Wildman–Crippen LogP) is 4.94. The highest BCUT2D eigenvalue weighted by Crippen LogP contribution is 2.47. The normalized spacial score (nSPS) is 14.0. The number of hydrogen-bond acceptors (Lipinski definition) is 6. The Bertz CT molecular complexity index is 1410. The number of nitrogens with one attached hydrogen (secondary N) is 1. The number of fused-ring (bicyclic) bond motifs is 2. The molecule has 1 aliphatic heterocycles. The van der Waals surface area contributed by atoms with E-state index in [1.807, 2.05) is 6.92 Å². The van der Waals surface area contributed by atoms with Gasteiger partial charge in [-0.3, -0.25) is 5.41 Å². The van der Waals surface area contributed by atoms with Gasteiger partial charge in [-0.15, -0.1) is 0 Å². The fourth-order valence-electron chi connectivity index (χ4n) is 3.96. The second kappa shape index (κ2) is 8.51. The fraction of sp³-hybridized carbons (Fsp3) is 0.120. The van der Waals surface area contributed by atoms with E-state index in [2.05, 4.69) is 15.0 Å². The molecule has 9 heteroatoms. The maximum Gasteiger partial charge on any atom is 0.279 e. The average Bonchev–Trinajstić information content (AvgIpc) is 2.82. The summed E-state index contributed by atoms with van der Waals surface area (Å²) >= 11 is 0. The number of aryl methyl sites for hydroxylation is 1. The molecule has 0 fully saturated rings. The molecule has 2 aromatic carbocycles. The molecule has 0 spiro atoms. The van der Waals surface area contributed by atoms with E-state index in [1.165, 1.54) is 12.3 Å². The minimum absolute atomic E-state index is 0.0424. The first kappa shape index (κ1) is 21.4. The highest BCUT2D eigenvalue weighted by atomic mass is 19.1. The van der Waals surface area contributed by atoms with E-state index in [0.717, 1.165) is 5.56 Å². The van der Waals surface area contributed by atoms with Crippen LogP contribution in [0.2, 0.25) is 0 Å². The monoisotopic (exact) mass is 459 g/mol. The van der Waals surface area contributed by atoms with Crippen LogP contribution in [0.25, 0.3) is 22.5 Å². The fourth-order valence-corrected chi connectivity index (χ4v) is 3.96. The van der Waals surface area contributed by atoms with Crippen molar-refractivity contribution in [1.29, 1.82) is 5.41 Å². The number of halogens is 2. The molecule has 0 saturated heterocycles. The number of rotatable bonds is 4. The first-order valence-corrected chi connectivity index (χ1v) is 10.4. The van der Waals surface area contributed by atoms with E-state index >= 15 is 4.39 Å². The van der Waals surface area contributed by atoms with Crippen LogP contribution in [-0.4, -0.2) is 27.6 Å². The molecule has 7 nitrogen and oxygen atoms in total. The first-order chi connectivity index (χ1) is 16.4. The van der Waals surface area contributed by atoms with Gasteiger partial charge in [-0.2, -0.15) is 4.39 Å². The van der Waals surface area contributed by atoms with Gasteiger partial charge in [0.2, 0.25) is 5.95 Å². The lowest BCUT2D eigenvalue weighted by Gasteiger charge is -2.29. The van der Waals surface area contributed by atoms with Gasteiger partial charge < -0.3 is 15.2 Å². The molecule has 0 unspecified atom stereocenters. The van der Waals surface area contributed by atoms with Crippen molar-refractivity contribution in [3.8, 4) is 34.0 Å². The third-order valence-electron chi connectivity index (χ3n) is 5.56. The summed E-state index contributed by atoms with van der Waals surface area (Å²) in [6.45, 7) is 1.81. The van der Waals surface area contributed by atoms with Gasteiger partial charge in [0.1, 0.15) is 12.4 Å². The largest absolute Gasteiger partial charge is 0.465 e.